The molecule has 2 fully saturated rings. The lowest BCUT2D eigenvalue weighted by Gasteiger charge is -2.38. The molecule has 2 aliphatic rings. The van der Waals surface area contributed by atoms with Crippen molar-refractivity contribution in [2.75, 3.05) is 6.54 Å². The monoisotopic (exact) mass is 225 g/mol. The first-order chi connectivity index (χ1) is 7.81. The molecule has 4 atom stereocenters. The molecule has 1 saturated carbocycles. The van der Waals surface area contributed by atoms with Crippen LogP contribution in [0.4, 0.5) is 0 Å². The number of hydrogen-bond donors (Lipinski definition) is 2. The summed E-state index contributed by atoms with van der Waals surface area (Å²) in [6, 6.07) is 0.590. The molecule has 0 amide bonds. The van der Waals surface area contributed by atoms with Crippen molar-refractivity contribution in [3.63, 3.8) is 0 Å². The van der Waals surface area contributed by atoms with Crippen LogP contribution in [-0.4, -0.2) is 23.8 Å². The first-order valence-corrected chi connectivity index (χ1v) is 7.22. The highest BCUT2D eigenvalue weighted by molar-refractivity contribution is 4.88. The minimum Gasteiger partial charge on any atom is -0.393 e. The summed E-state index contributed by atoms with van der Waals surface area (Å²) in [4.78, 5) is 0. The van der Waals surface area contributed by atoms with Crippen LogP contribution in [0, 0.1) is 11.8 Å². The van der Waals surface area contributed by atoms with Gasteiger partial charge in [-0.1, -0.05) is 26.2 Å². The molecule has 94 valence electrons. The smallest absolute Gasteiger partial charge is 0.0583 e. The lowest BCUT2D eigenvalue weighted by molar-refractivity contribution is 0.0262. The van der Waals surface area contributed by atoms with Gasteiger partial charge in [0.25, 0.3) is 0 Å². The SMILES string of the molecule is CCC1CCC(O)C(C2CCCCCN2)C1. The van der Waals surface area contributed by atoms with Crippen molar-refractivity contribution in [3.05, 3.63) is 0 Å². The summed E-state index contributed by atoms with van der Waals surface area (Å²) in [6.45, 7) is 3.45. The molecular weight excluding hydrogens is 198 g/mol. The Hall–Kier alpha value is -0.0800. The Balaban J connectivity index is 1.93. The van der Waals surface area contributed by atoms with E-state index in [0.717, 1.165) is 18.9 Å². The van der Waals surface area contributed by atoms with Crippen LogP contribution in [0.25, 0.3) is 0 Å². The summed E-state index contributed by atoms with van der Waals surface area (Å²) in [6.07, 6.45) is 10.1. The molecule has 0 aromatic rings. The van der Waals surface area contributed by atoms with Crippen molar-refractivity contribution in [1.29, 1.82) is 0 Å². The van der Waals surface area contributed by atoms with Gasteiger partial charge in [0.15, 0.2) is 0 Å². The zero-order valence-corrected chi connectivity index (χ0v) is 10.6. The van der Waals surface area contributed by atoms with E-state index in [1.807, 2.05) is 0 Å². The highest BCUT2D eigenvalue weighted by Crippen LogP contribution is 2.35. The van der Waals surface area contributed by atoms with Crippen LogP contribution in [0.1, 0.15) is 58.3 Å². The third-order valence-electron chi connectivity index (χ3n) is 4.66. The van der Waals surface area contributed by atoms with E-state index in [9.17, 15) is 5.11 Å². The molecule has 1 aliphatic carbocycles. The molecule has 0 spiro atoms. The molecule has 1 saturated heterocycles. The summed E-state index contributed by atoms with van der Waals surface area (Å²) < 4.78 is 0. The lowest BCUT2D eigenvalue weighted by Crippen LogP contribution is -2.44. The van der Waals surface area contributed by atoms with E-state index in [0.29, 0.717) is 12.0 Å². The van der Waals surface area contributed by atoms with Crippen molar-refractivity contribution < 1.29 is 5.11 Å². The van der Waals surface area contributed by atoms with E-state index in [4.69, 9.17) is 0 Å². The molecule has 2 rings (SSSR count). The van der Waals surface area contributed by atoms with E-state index in [2.05, 4.69) is 12.2 Å². The predicted molar refractivity (Wildman–Crippen MR) is 67.4 cm³/mol. The number of hydrogen-bond acceptors (Lipinski definition) is 2. The van der Waals surface area contributed by atoms with Crippen LogP contribution < -0.4 is 5.32 Å². The summed E-state index contributed by atoms with van der Waals surface area (Å²) in [5, 5.41) is 13.9. The number of aliphatic hydroxyl groups excluding tert-OH is 1. The number of aliphatic hydroxyl groups is 1. The first-order valence-electron chi connectivity index (χ1n) is 7.22. The molecule has 0 aromatic carbocycles. The number of nitrogens with one attached hydrogen (secondary N) is 1. The van der Waals surface area contributed by atoms with Crippen LogP contribution in [0.3, 0.4) is 0 Å². The molecule has 1 heterocycles. The predicted octanol–water partition coefficient (Wildman–Crippen LogP) is 2.71. The van der Waals surface area contributed by atoms with E-state index < -0.39 is 0 Å². The average Bonchev–Trinajstić information content (AvgIpc) is 2.58. The molecule has 0 aromatic heterocycles. The second-order valence-electron chi connectivity index (χ2n) is 5.73. The molecule has 2 heteroatoms. The molecule has 4 unspecified atom stereocenters. The van der Waals surface area contributed by atoms with Gasteiger partial charge in [0, 0.05) is 12.0 Å². The molecule has 16 heavy (non-hydrogen) atoms. The quantitative estimate of drug-likeness (QED) is 0.757. The summed E-state index contributed by atoms with van der Waals surface area (Å²) in [7, 11) is 0. The van der Waals surface area contributed by atoms with Crippen LogP contribution in [-0.2, 0) is 0 Å². The third-order valence-corrected chi connectivity index (χ3v) is 4.66. The van der Waals surface area contributed by atoms with Crippen molar-refractivity contribution in [2.45, 2.75) is 70.4 Å². The standard InChI is InChI=1S/C14H27NO/c1-2-11-7-8-14(16)12(10-11)13-6-4-3-5-9-15-13/h11-16H,2-10H2,1H3. The second-order valence-corrected chi connectivity index (χ2v) is 5.73. The van der Waals surface area contributed by atoms with E-state index in [-0.39, 0.29) is 6.10 Å². The van der Waals surface area contributed by atoms with Gasteiger partial charge in [-0.25, -0.2) is 0 Å². The fourth-order valence-electron chi connectivity index (χ4n) is 3.50. The Morgan fingerprint density at radius 1 is 1.12 bits per heavy atom. The summed E-state index contributed by atoms with van der Waals surface area (Å²) in [5.41, 5.74) is 0. The van der Waals surface area contributed by atoms with Gasteiger partial charge in [-0.3, -0.25) is 0 Å². The van der Waals surface area contributed by atoms with E-state index in [1.165, 1.54) is 44.9 Å². The van der Waals surface area contributed by atoms with Gasteiger partial charge in [0.05, 0.1) is 6.10 Å². The van der Waals surface area contributed by atoms with Crippen LogP contribution in [0.2, 0.25) is 0 Å². The molecule has 0 radical (unpaired) electrons. The molecule has 2 N–H and O–H groups in total. The van der Waals surface area contributed by atoms with Gasteiger partial charge < -0.3 is 10.4 Å². The Labute approximate surface area is 99.8 Å². The first kappa shape index (κ1) is 12.4. The van der Waals surface area contributed by atoms with E-state index >= 15 is 0 Å². The second kappa shape index (κ2) is 6.02. The average molecular weight is 225 g/mol. The minimum absolute atomic E-state index is 0.0431. The topological polar surface area (TPSA) is 32.3 Å². The highest BCUT2D eigenvalue weighted by atomic mass is 16.3. The fraction of sp³-hybridized carbons (Fsp3) is 1.00. The van der Waals surface area contributed by atoms with Gasteiger partial charge in [-0.2, -0.15) is 0 Å². The Kier molecular flexibility index (Phi) is 4.66. The number of rotatable bonds is 2. The highest BCUT2D eigenvalue weighted by Gasteiger charge is 2.34. The molecule has 2 nitrogen and oxygen atoms in total. The van der Waals surface area contributed by atoms with Gasteiger partial charge >= 0.3 is 0 Å². The van der Waals surface area contributed by atoms with Crippen molar-refractivity contribution in [3.8, 4) is 0 Å². The van der Waals surface area contributed by atoms with Crippen LogP contribution in [0.5, 0.6) is 0 Å². The van der Waals surface area contributed by atoms with Gasteiger partial charge in [-0.15, -0.1) is 0 Å². The normalized spacial score (nSPS) is 41.6. The maximum Gasteiger partial charge on any atom is 0.0583 e. The van der Waals surface area contributed by atoms with Crippen LogP contribution >= 0.6 is 0 Å². The van der Waals surface area contributed by atoms with Gasteiger partial charge in [0.1, 0.15) is 0 Å². The molecule has 0 bridgehead atoms. The molecular formula is C14H27NO. The fourth-order valence-corrected chi connectivity index (χ4v) is 3.50. The van der Waals surface area contributed by atoms with Crippen molar-refractivity contribution in [2.24, 2.45) is 11.8 Å². The van der Waals surface area contributed by atoms with Crippen molar-refractivity contribution >= 4 is 0 Å². The third kappa shape index (κ3) is 2.98. The largest absolute Gasteiger partial charge is 0.393 e. The summed E-state index contributed by atoms with van der Waals surface area (Å²) >= 11 is 0. The minimum atomic E-state index is -0.0431. The Morgan fingerprint density at radius 2 is 2.00 bits per heavy atom. The Morgan fingerprint density at radius 3 is 2.81 bits per heavy atom. The van der Waals surface area contributed by atoms with Crippen LogP contribution in [0.15, 0.2) is 0 Å². The van der Waals surface area contributed by atoms with E-state index in [1.54, 1.807) is 0 Å². The van der Waals surface area contributed by atoms with Gasteiger partial charge in [-0.05, 0) is 44.6 Å². The summed E-state index contributed by atoms with van der Waals surface area (Å²) in [5.74, 6) is 1.38. The molecule has 1 aliphatic heterocycles. The maximum atomic E-state index is 10.2. The zero-order valence-electron chi connectivity index (χ0n) is 10.6. The van der Waals surface area contributed by atoms with Gasteiger partial charge in [0.2, 0.25) is 0 Å². The lowest BCUT2D eigenvalue weighted by atomic mass is 9.74. The van der Waals surface area contributed by atoms with Crippen molar-refractivity contribution in [1.82, 2.24) is 5.32 Å². The maximum absolute atomic E-state index is 10.2. The zero-order chi connectivity index (χ0) is 11.4. The Bertz CT molecular complexity index is 199.